The van der Waals surface area contributed by atoms with Crippen LogP contribution in [0.2, 0.25) is 0 Å². The van der Waals surface area contributed by atoms with Gasteiger partial charge < -0.3 is 10.2 Å². The van der Waals surface area contributed by atoms with E-state index >= 15 is 0 Å². The Kier molecular flexibility index (Phi) is 6.58. The second-order valence-corrected chi connectivity index (χ2v) is 9.64. The van der Waals surface area contributed by atoms with Crippen molar-refractivity contribution in [3.05, 3.63) is 54.1 Å². The number of anilines is 2. The summed E-state index contributed by atoms with van der Waals surface area (Å²) in [6.45, 7) is 4.31. The molecule has 0 aromatic heterocycles. The Bertz CT molecular complexity index is 1020. The number of nitrogens with zero attached hydrogens (tertiary/aromatic N) is 2. The molecule has 3 rings (SSSR count). The van der Waals surface area contributed by atoms with Gasteiger partial charge in [-0.15, -0.1) is 0 Å². The standard InChI is InChI=1S/C22H27N3O4S/c1-16(2)24(3)30(28,29)20-13-9-18(10-14-20)23-22(27)17-7-11-19(12-8-17)25-15-5-4-6-21(25)26/h7-14,16H,4-6,15H2,1-3H3,(H,23,27). The van der Waals surface area contributed by atoms with E-state index in [1.165, 1.54) is 23.5 Å². The molecular weight excluding hydrogens is 402 g/mol. The number of rotatable bonds is 6. The lowest BCUT2D eigenvalue weighted by atomic mass is 10.1. The average molecular weight is 430 g/mol. The summed E-state index contributed by atoms with van der Waals surface area (Å²) in [6.07, 6.45) is 2.46. The van der Waals surface area contributed by atoms with E-state index < -0.39 is 10.0 Å². The van der Waals surface area contributed by atoms with Crippen LogP contribution in [-0.2, 0) is 14.8 Å². The van der Waals surface area contributed by atoms with Crippen molar-refractivity contribution >= 4 is 33.2 Å². The zero-order chi connectivity index (χ0) is 21.9. The van der Waals surface area contributed by atoms with Crippen molar-refractivity contribution in [3.8, 4) is 0 Å². The lowest BCUT2D eigenvalue weighted by molar-refractivity contribution is -0.119. The average Bonchev–Trinajstić information content (AvgIpc) is 2.74. The van der Waals surface area contributed by atoms with Gasteiger partial charge in [0.1, 0.15) is 0 Å². The van der Waals surface area contributed by atoms with Crippen LogP contribution in [-0.4, -0.2) is 44.2 Å². The number of hydrogen-bond acceptors (Lipinski definition) is 4. The van der Waals surface area contributed by atoms with E-state index in [-0.39, 0.29) is 22.8 Å². The molecule has 0 bridgehead atoms. The number of benzene rings is 2. The highest BCUT2D eigenvalue weighted by Gasteiger charge is 2.23. The largest absolute Gasteiger partial charge is 0.322 e. The number of piperidine rings is 1. The zero-order valence-electron chi connectivity index (χ0n) is 17.5. The van der Waals surface area contributed by atoms with Crippen LogP contribution in [0.25, 0.3) is 0 Å². The summed E-state index contributed by atoms with van der Waals surface area (Å²) in [5.74, 6) is -0.196. The van der Waals surface area contributed by atoms with Gasteiger partial charge >= 0.3 is 0 Å². The third-order valence-electron chi connectivity index (χ3n) is 5.28. The third kappa shape index (κ3) is 4.71. The number of carbonyl (C=O) groups is 2. The Morgan fingerprint density at radius 2 is 1.67 bits per heavy atom. The molecule has 30 heavy (non-hydrogen) atoms. The monoisotopic (exact) mass is 429 g/mol. The van der Waals surface area contributed by atoms with Gasteiger partial charge in [0.25, 0.3) is 5.91 Å². The molecule has 2 aromatic carbocycles. The van der Waals surface area contributed by atoms with Gasteiger partial charge in [0.15, 0.2) is 0 Å². The molecule has 2 amide bonds. The van der Waals surface area contributed by atoms with E-state index in [1.54, 1.807) is 55.1 Å². The first-order chi connectivity index (χ1) is 14.2. The van der Waals surface area contributed by atoms with Crippen LogP contribution >= 0.6 is 0 Å². The second kappa shape index (κ2) is 8.97. The van der Waals surface area contributed by atoms with Crippen molar-refractivity contribution in [1.29, 1.82) is 0 Å². The van der Waals surface area contributed by atoms with Crippen molar-refractivity contribution in [1.82, 2.24) is 4.31 Å². The van der Waals surface area contributed by atoms with Gasteiger partial charge in [-0.1, -0.05) is 0 Å². The van der Waals surface area contributed by atoms with Crippen molar-refractivity contribution in [2.45, 2.75) is 44.0 Å². The Morgan fingerprint density at radius 1 is 1.03 bits per heavy atom. The fourth-order valence-corrected chi connectivity index (χ4v) is 4.60. The molecule has 0 unspecified atom stereocenters. The van der Waals surface area contributed by atoms with Crippen LogP contribution in [0.1, 0.15) is 43.5 Å². The summed E-state index contributed by atoms with van der Waals surface area (Å²) in [6, 6.07) is 12.9. The normalized spacial score (nSPS) is 15.0. The molecule has 0 atom stereocenters. The molecule has 1 aliphatic heterocycles. The molecule has 0 aliphatic carbocycles. The Balaban J connectivity index is 1.68. The molecule has 1 saturated heterocycles. The summed E-state index contributed by atoms with van der Waals surface area (Å²) in [7, 11) is -2.03. The van der Waals surface area contributed by atoms with Crippen LogP contribution in [0.5, 0.6) is 0 Å². The van der Waals surface area contributed by atoms with E-state index in [0.29, 0.717) is 24.2 Å². The lowest BCUT2D eigenvalue weighted by Crippen LogP contribution is -2.35. The molecule has 8 heteroatoms. The molecule has 0 saturated carbocycles. The summed E-state index contributed by atoms with van der Waals surface area (Å²) >= 11 is 0. The van der Waals surface area contributed by atoms with Crippen LogP contribution in [0.4, 0.5) is 11.4 Å². The highest BCUT2D eigenvalue weighted by molar-refractivity contribution is 7.89. The van der Waals surface area contributed by atoms with Gasteiger partial charge in [-0.2, -0.15) is 4.31 Å². The Labute approximate surface area is 177 Å². The molecule has 7 nitrogen and oxygen atoms in total. The maximum atomic E-state index is 12.5. The highest BCUT2D eigenvalue weighted by Crippen LogP contribution is 2.22. The van der Waals surface area contributed by atoms with Gasteiger partial charge in [0.05, 0.1) is 4.90 Å². The summed E-state index contributed by atoms with van der Waals surface area (Å²) < 4.78 is 26.4. The second-order valence-electron chi connectivity index (χ2n) is 7.64. The maximum absolute atomic E-state index is 12.5. The minimum atomic E-state index is -3.57. The number of hydrogen-bond donors (Lipinski definition) is 1. The molecule has 1 aliphatic rings. The van der Waals surface area contributed by atoms with E-state index in [2.05, 4.69) is 5.32 Å². The highest BCUT2D eigenvalue weighted by atomic mass is 32.2. The zero-order valence-corrected chi connectivity index (χ0v) is 18.3. The first kappa shape index (κ1) is 22.0. The minimum absolute atomic E-state index is 0.108. The van der Waals surface area contributed by atoms with Gasteiger partial charge in [0.2, 0.25) is 15.9 Å². The van der Waals surface area contributed by atoms with Crippen molar-refractivity contribution < 1.29 is 18.0 Å². The first-order valence-electron chi connectivity index (χ1n) is 10.00. The summed E-state index contributed by atoms with van der Waals surface area (Å²) in [4.78, 5) is 26.5. The SMILES string of the molecule is CC(C)N(C)S(=O)(=O)c1ccc(NC(=O)c2ccc(N3CCCCC3=O)cc2)cc1. The third-order valence-corrected chi connectivity index (χ3v) is 7.33. The molecule has 2 aromatic rings. The van der Waals surface area contributed by atoms with Gasteiger partial charge in [-0.05, 0) is 75.2 Å². The topological polar surface area (TPSA) is 86.8 Å². The van der Waals surface area contributed by atoms with Crippen LogP contribution in [0, 0.1) is 0 Å². The van der Waals surface area contributed by atoms with Crippen molar-refractivity contribution in [2.24, 2.45) is 0 Å². The van der Waals surface area contributed by atoms with Gasteiger partial charge in [-0.25, -0.2) is 8.42 Å². The maximum Gasteiger partial charge on any atom is 0.255 e. The number of carbonyl (C=O) groups excluding carboxylic acids is 2. The van der Waals surface area contributed by atoms with Crippen molar-refractivity contribution in [3.63, 3.8) is 0 Å². The Hall–Kier alpha value is -2.71. The minimum Gasteiger partial charge on any atom is -0.322 e. The predicted molar refractivity (Wildman–Crippen MR) is 117 cm³/mol. The number of sulfonamides is 1. The molecule has 1 heterocycles. The van der Waals surface area contributed by atoms with E-state index in [9.17, 15) is 18.0 Å². The van der Waals surface area contributed by atoms with Crippen LogP contribution in [0.15, 0.2) is 53.4 Å². The fraction of sp³-hybridized carbons (Fsp3) is 0.364. The molecule has 0 radical (unpaired) electrons. The first-order valence-corrected chi connectivity index (χ1v) is 11.4. The van der Waals surface area contributed by atoms with E-state index in [4.69, 9.17) is 0 Å². The molecule has 1 N–H and O–H groups in total. The predicted octanol–water partition coefficient (Wildman–Crippen LogP) is 3.48. The quantitative estimate of drug-likeness (QED) is 0.762. The number of amides is 2. The lowest BCUT2D eigenvalue weighted by Gasteiger charge is -2.26. The molecule has 1 fully saturated rings. The molecular formula is C22H27N3O4S. The van der Waals surface area contributed by atoms with Crippen LogP contribution < -0.4 is 10.2 Å². The van der Waals surface area contributed by atoms with E-state index in [1.807, 2.05) is 0 Å². The smallest absolute Gasteiger partial charge is 0.255 e. The van der Waals surface area contributed by atoms with Crippen molar-refractivity contribution in [2.75, 3.05) is 23.8 Å². The van der Waals surface area contributed by atoms with Gasteiger partial charge in [-0.3, -0.25) is 9.59 Å². The van der Waals surface area contributed by atoms with Gasteiger partial charge in [0, 0.05) is 43.0 Å². The summed E-state index contributed by atoms with van der Waals surface area (Å²) in [5.41, 5.74) is 1.75. The molecule has 0 spiro atoms. The molecule has 160 valence electrons. The van der Waals surface area contributed by atoms with E-state index in [0.717, 1.165) is 18.5 Å². The fourth-order valence-electron chi connectivity index (χ4n) is 3.23. The number of nitrogens with one attached hydrogen (secondary N) is 1. The Morgan fingerprint density at radius 3 is 2.23 bits per heavy atom. The van der Waals surface area contributed by atoms with Crippen LogP contribution in [0.3, 0.4) is 0 Å². The summed E-state index contributed by atoms with van der Waals surface area (Å²) in [5, 5.41) is 2.77.